The molecule has 0 saturated heterocycles. The van der Waals surface area contributed by atoms with Crippen LogP contribution >= 0.6 is 15.9 Å². The molecule has 0 bridgehead atoms. The molecule has 0 fully saturated rings. The van der Waals surface area contributed by atoms with Crippen molar-refractivity contribution in [3.63, 3.8) is 0 Å². The van der Waals surface area contributed by atoms with Gasteiger partial charge in [-0.25, -0.2) is 0 Å². The molecule has 4 heteroatoms. The van der Waals surface area contributed by atoms with Crippen LogP contribution in [0.4, 0.5) is 0 Å². The van der Waals surface area contributed by atoms with Gasteiger partial charge in [0.15, 0.2) is 0 Å². The van der Waals surface area contributed by atoms with Crippen LogP contribution in [0.15, 0.2) is 28.7 Å². The zero-order valence-corrected chi connectivity index (χ0v) is 11.1. The Balaban J connectivity index is 2.62. The fourth-order valence-electron chi connectivity index (χ4n) is 1.67. The van der Waals surface area contributed by atoms with E-state index in [1.165, 1.54) is 0 Å². The molecular formula is C13H11BrO3. The number of allylic oxidation sites excluding steroid dienone is 1. The molecule has 1 aromatic rings. The second-order valence-electron chi connectivity index (χ2n) is 4.01. The predicted molar refractivity (Wildman–Crippen MR) is 67.8 cm³/mol. The smallest absolute Gasteiger partial charge is 0.244 e. The molecule has 0 atom stereocenters. The van der Waals surface area contributed by atoms with Crippen LogP contribution in [-0.2, 0) is 9.53 Å². The summed E-state index contributed by atoms with van der Waals surface area (Å²) in [4.78, 5) is 23.5. The van der Waals surface area contributed by atoms with Gasteiger partial charge in [-0.15, -0.1) is 0 Å². The largest absolute Gasteiger partial charge is 0.489 e. The van der Waals surface area contributed by atoms with Crippen LogP contribution in [0, 0.1) is 0 Å². The highest BCUT2D eigenvalue weighted by Gasteiger charge is 2.32. The van der Waals surface area contributed by atoms with Crippen molar-refractivity contribution in [1.82, 2.24) is 0 Å². The van der Waals surface area contributed by atoms with Crippen molar-refractivity contribution in [1.29, 1.82) is 0 Å². The molecule has 0 radical (unpaired) electrons. The maximum absolute atomic E-state index is 11.8. The first-order valence-electron chi connectivity index (χ1n) is 5.27. The van der Waals surface area contributed by atoms with Gasteiger partial charge in [-0.1, -0.05) is 24.3 Å². The van der Waals surface area contributed by atoms with Gasteiger partial charge in [0, 0.05) is 11.1 Å². The number of rotatable bonds is 2. The van der Waals surface area contributed by atoms with E-state index in [4.69, 9.17) is 4.74 Å². The molecule has 0 unspecified atom stereocenters. The van der Waals surface area contributed by atoms with Gasteiger partial charge in [0.05, 0.1) is 6.10 Å². The first-order chi connectivity index (χ1) is 8.02. The molecule has 1 aliphatic carbocycles. The lowest BCUT2D eigenvalue weighted by atomic mass is 9.94. The van der Waals surface area contributed by atoms with Crippen LogP contribution in [0.5, 0.6) is 0 Å². The summed E-state index contributed by atoms with van der Waals surface area (Å²) in [5.41, 5.74) is 1.06. The van der Waals surface area contributed by atoms with Crippen molar-refractivity contribution in [2.75, 3.05) is 0 Å². The maximum atomic E-state index is 11.8. The van der Waals surface area contributed by atoms with Crippen LogP contribution in [0.25, 0.3) is 5.76 Å². The summed E-state index contributed by atoms with van der Waals surface area (Å²) in [7, 11) is 0. The quantitative estimate of drug-likeness (QED) is 0.788. The van der Waals surface area contributed by atoms with E-state index in [9.17, 15) is 9.59 Å². The number of carbonyl (C=O) groups is 2. The zero-order valence-electron chi connectivity index (χ0n) is 9.49. The van der Waals surface area contributed by atoms with E-state index in [0.717, 1.165) is 0 Å². The van der Waals surface area contributed by atoms with Gasteiger partial charge in [-0.2, -0.15) is 0 Å². The lowest BCUT2D eigenvalue weighted by Gasteiger charge is -2.21. The molecule has 3 nitrogen and oxygen atoms in total. The number of halogens is 1. The van der Waals surface area contributed by atoms with E-state index in [1.807, 2.05) is 19.9 Å². The fraction of sp³-hybridized carbons (Fsp3) is 0.231. The van der Waals surface area contributed by atoms with E-state index >= 15 is 0 Å². The molecular weight excluding hydrogens is 284 g/mol. The monoisotopic (exact) mass is 294 g/mol. The Kier molecular flexibility index (Phi) is 3.15. The Labute approximate surface area is 108 Å². The van der Waals surface area contributed by atoms with Crippen LogP contribution in [0.1, 0.15) is 29.8 Å². The van der Waals surface area contributed by atoms with E-state index in [1.54, 1.807) is 18.2 Å². The lowest BCUT2D eigenvalue weighted by Crippen LogP contribution is -2.23. The lowest BCUT2D eigenvalue weighted by molar-refractivity contribution is -0.111. The molecule has 0 N–H and O–H groups in total. The van der Waals surface area contributed by atoms with Gasteiger partial charge in [-0.3, -0.25) is 9.59 Å². The number of hydrogen-bond acceptors (Lipinski definition) is 3. The Bertz CT molecular complexity index is 529. The molecule has 0 saturated carbocycles. The van der Waals surface area contributed by atoms with Gasteiger partial charge in [0.1, 0.15) is 10.2 Å². The van der Waals surface area contributed by atoms with Gasteiger partial charge in [0.25, 0.3) is 0 Å². The zero-order chi connectivity index (χ0) is 12.6. The molecule has 2 rings (SSSR count). The Morgan fingerprint density at radius 1 is 1.06 bits per heavy atom. The molecule has 1 aliphatic rings. The molecule has 0 heterocycles. The Morgan fingerprint density at radius 3 is 2.24 bits per heavy atom. The number of carbonyl (C=O) groups excluding carboxylic acids is 2. The summed E-state index contributed by atoms with van der Waals surface area (Å²) in [6, 6.07) is 6.96. The minimum atomic E-state index is -0.556. The fourth-order valence-corrected chi connectivity index (χ4v) is 2.16. The number of ether oxygens (including phenoxy) is 1. The Morgan fingerprint density at radius 2 is 1.65 bits per heavy atom. The van der Waals surface area contributed by atoms with Crippen molar-refractivity contribution in [3.05, 3.63) is 39.9 Å². The van der Waals surface area contributed by atoms with Gasteiger partial charge in [0.2, 0.25) is 11.6 Å². The van der Waals surface area contributed by atoms with Gasteiger partial charge < -0.3 is 4.74 Å². The minimum Gasteiger partial charge on any atom is -0.489 e. The van der Waals surface area contributed by atoms with Crippen molar-refractivity contribution in [2.45, 2.75) is 20.0 Å². The van der Waals surface area contributed by atoms with Gasteiger partial charge >= 0.3 is 0 Å². The highest BCUT2D eigenvalue weighted by molar-refractivity contribution is 9.12. The van der Waals surface area contributed by atoms with Crippen LogP contribution in [-0.4, -0.2) is 17.7 Å². The molecule has 0 aliphatic heterocycles. The van der Waals surface area contributed by atoms with Crippen LogP contribution in [0.3, 0.4) is 0 Å². The molecule has 88 valence electrons. The number of fused-ring (bicyclic) bond motifs is 1. The summed E-state index contributed by atoms with van der Waals surface area (Å²) in [5.74, 6) is -0.608. The van der Waals surface area contributed by atoms with Crippen molar-refractivity contribution in [3.8, 4) is 0 Å². The average Bonchev–Trinajstić information content (AvgIpc) is 2.31. The van der Waals surface area contributed by atoms with Crippen LogP contribution in [0.2, 0.25) is 0 Å². The van der Waals surface area contributed by atoms with Crippen molar-refractivity contribution >= 4 is 33.3 Å². The number of benzene rings is 1. The molecule has 0 amide bonds. The standard InChI is InChI=1S/C13H11BrO3/c1-7(2)17-13-9-6-4-3-5-8(9)11(15)12(16)10(13)14/h3-7H,1-2H3. The van der Waals surface area contributed by atoms with E-state index < -0.39 is 11.6 Å². The summed E-state index contributed by atoms with van der Waals surface area (Å²) in [6.45, 7) is 3.74. The molecule has 17 heavy (non-hydrogen) atoms. The van der Waals surface area contributed by atoms with Gasteiger partial charge in [-0.05, 0) is 29.8 Å². The Hall–Kier alpha value is -1.42. The molecule has 0 aromatic heterocycles. The summed E-state index contributed by atoms with van der Waals surface area (Å²) in [6.07, 6.45) is -0.0633. The normalized spacial score (nSPS) is 15.3. The van der Waals surface area contributed by atoms with E-state index in [-0.39, 0.29) is 10.6 Å². The van der Waals surface area contributed by atoms with Crippen molar-refractivity contribution < 1.29 is 14.3 Å². The maximum Gasteiger partial charge on any atom is 0.244 e. The van der Waals surface area contributed by atoms with E-state index in [2.05, 4.69) is 15.9 Å². The molecule has 1 aromatic carbocycles. The third kappa shape index (κ3) is 2.05. The van der Waals surface area contributed by atoms with Crippen molar-refractivity contribution in [2.24, 2.45) is 0 Å². The number of ketones is 2. The summed E-state index contributed by atoms with van der Waals surface area (Å²) >= 11 is 3.14. The summed E-state index contributed by atoms with van der Waals surface area (Å²) < 4.78 is 5.81. The number of Topliss-reactive ketones (excluding diaryl/α,β-unsaturated/α-hetero) is 2. The topological polar surface area (TPSA) is 43.4 Å². The van der Waals surface area contributed by atoms with Crippen LogP contribution < -0.4 is 0 Å². The average molecular weight is 295 g/mol. The third-order valence-electron chi connectivity index (χ3n) is 2.37. The second-order valence-corrected chi connectivity index (χ2v) is 4.81. The highest BCUT2D eigenvalue weighted by Crippen LogP contribution is 2.33. The third-order valence-corrected chi connectivity index (χ3v) is 3.10. The van der Waals surface area contributed by atoms with E-state index in [0.29, 0.717) is 16.9 Å². The summed E-state index contributed by atoms with van der Waals surface area (Å²) in [5, 5.41) is 0. The first-order valence-corrected chi connectivity index (χ1v) is 6.06. The second kappa shape index (κ2) is 4.45. The number of hydrogen-bond donors (Lipinski definition) is 0. The first kappa shape index (κ1) is 12.0. The highest BCUT2D eigenvalue weighted by atomic mass is 79.9. The SMILES string of the molecule is CC(C)OC1=C(Br)C(=O)C(=O)c2ccccc21. The predicted octanol–water partition coefficient (Wildman–Crippen LogP) is 2.94. The minimum absolute atomic E-state index is 0.0633. The molecule has 0 spiro atoms.